The highest BCUT2D eigenvalue weighted by molar-refractivity contribution is 5.75. The summed E-state index contributed by atoms with van der Waals surface area (Å²) in [7, 11) is 0. The number of aliphatic hydroxyl groups is 1. The van der Waals surface area contributed by atoms with Gasteiger partial charge in [0, 0.05) is 37.7 Å². The number of amides is 1. The Morgan fingerprint density at radius 1 is 1.42 bits per heavy atom. The van der Waals surface area contributed by atoms with Crippen molar-refractivity contribution in [2.24, 2.45) is 0 Å². The molecule has 0 aromatic carbocycles. The molecule has 0 bridgehead atoms. The van der Waals surface area contributed by atoms with Gasteiger partial charge in [-0.25, -0.2) is 4.98 Å². The number of carbonyl (C=O) groups excluding carboxylic acids is 1. The van der Waals surface area contributed by atoms with Crippen molar-refractivity contribution in [2.45, 2.75) is 32.4 Å². The van der Waals surface area contributed by atoms with Crippen LogP contribution >= 0.6 is 0 Å². The van der Waals surface area contributed by atoms with E-state index >= 15 is 0 Å². The first kappa shape index (κ1) is 16.4. The highest BCUT2D eigenvalue weighted by atomic mass is 16.3. The summed E-state index contributed by atoms with van der Waals surface area (Å²) in [6.45, 7) is 5.28. The Kier molecular flexibility index (Phi) is 4.48. The molecule has 1 aliphatic rings. The second-order valence-corrected chi connectivity index (χ2v) is 6.32. The van der Waals surface area contributed by atoms with Crippen LogP contribution in [0, 0.1) is 13.8 Å². The molecule has 1 aliphatic heterocycles. The van der Waals surface area contributed by atoms with Gasteiger partial charge in [0.15, 0.2) is 0 Å². The summed E-state index contributed by atoms with van der Waals surface area (Å²) in [5.41, 5.74) is 0.868. The fourth-order valence-electron chi connectivity index (χ4n) is 2.94. The Balaban J connectivity index is 1.53. The minimum atomic E-state index is -0.956. The van der Waals surface area contributed by atoms with E-state index in [1.165, 1.54) is 0 Å². The molecule has 0 aliphatic carbocycles. The molecule has 0 radical (unpaired) electrons. The van der Waals surface area contributed by atoms with Gasteiger partial charge in [-0.2, -0.15) is 5.10 Å². The van der Waals surface area contributed by atoms with E-state index < -0.39 is 5.60 Å². The van der Waals surface area contributed by atoms with E-state index in [1.54, 1.807) is 23.3 Å². The standard InChI is InChI=1S/C16H22N6O2/c1-12-7-13(2)22(20-12)9-15(23)19-10-16(24)3-6-21(11-16)14-8-17-4-5-18-14/h4-5,7-8,24H,3,6,9-11H2,1-2H3,(H,19,23). The molecule has 24 heavy (non-hydrogen) atoms. The minimum Gasteiger partial charge on any atom is -0.386 e. The smallest absolute Gasteiger partial charge is 0.241 e. The Hall–Kier alpha value is -2.48. The fourth-order valence-corrected chi connectivity index (χ4v) is 2.94. The molecule has 8 nitrogen and oxygen atoms in total. The van der Waals surface area contributed by atoms with Gasteiger partial charge in [-0.3, -0.25) is 14.5 Å². The SMILES string of the molecule is Cc1cc(C)n(CC(=O)NCC2(O)CCN(c3cnccn3)C2)n1. The number of nitrogens with one attached hydrogen (secondary N) is 1. The molecule has 0 saturated carbocycles. The van der Waals surface area contributed by atoms with Gasteiger partial charge in [-0.1, -0.05) is 0 Å². The normalized spacial score (nSPS) is 20.4. The monoisotopic (exact) mass is 330 g/mol. The lowest BCUT2D eigenvalue weighted by molar-refractivity contribution is -0.123. The van der Waals surface area contributed by atoms with Crippen molar-refractivity contribution >= 4 is 11.7 Å². The zero-order chi connectivity index (χ0) is 17.2. The highest BCUT2D eigenvalue weighted by Gasteiger charge is 2.37. The second-order valence-electron chi connectivity index (χ2n) is 6.32. The van der Waals surface area contributed by atoms with Gasteiger partial charge in [0.05, 0.1) is 11.9 Å². The van der Waals surface area contributed by atoms with Gasteiger partial charge >= 0.3 is 0 Å². The van der Waals surface area contributed by atoms with Gasteiger partial charge in [-0.05, 0) is 26.3 Å². The molecule has 1 atom stereocenters. The lowest BCUT2D eigenvalue weighted by Crippen LogP contribution is -2.46. The van der Waals surface area contributed by atoms with Crippen LogP contribution in [0.3, 0.4) is 0 Å². The van der Waals surface area contributed by atoms with Crippen LogP contribution in [0.2, 0.25) is 0 Å². The van der Waals surface area contributed by atoms with Crippen LogP contribution in [0.1, 0.15) is 17.8 Å². The molecule has 3 rings (SSSR count). The minimum absolute atomic E-state index is 0.156. The van der Waals surface area contributed by atoms with Crippen LogP contribution in [0.25, 0.3) is 0 Å². The summed E-state index contributed by atoms with van der Waals surface area (Å²) in [6.07, 6.45) is 5.49. The molecule has 0 spiro atoms. The van der Waals surface area contributed by atoms with Crippen molar-refractivity contribution < 1.29 is 9.90 Å². The number of hydrogen-bond acceptors (Lipinski definition) is 6. The molecule has 2 aromatic heterocycles. The molecule has 8 heteroatoms. The first-order chi connectivity index (χ1) is 11.5. The predicted molar refractivity (Wildman–Crippen MR) is 88.5 cm³/mol. The molecule has 1 amide bonds. The summed E-state index contributed by atoms with van der Waals surface area (Å²) < 4.78 is 1.66. The Labute approximate surface area is 140 Å². The number of anilines is 1. The van der Waals surface area contributed by atoms with Crippen molar-refractivity contribution in [1.82, 2.24) is 25.1 Å². The molecular formula is C16H22N6O2. The topological polar surface area (TPSA) is 96.2 Å². The van der Waals surface area contributed by atoms with Crippen molar-refractivity contribution in [1.29, 1.82) is 0 Å². The summed E-state index contributed by atoms with van der Waals surface area (Å²) in [5.74, 6) is 0.579. The summed E-state index contributed by atoms with van der Waals surface area (Å²) in [5, 5.41) is 17.7. The number of aromatic nitrogens is 4. The van der Waals surface area contributed by atoms with Gasteiger partial charge in [-0.15, -0.1) is 0 Å². The Morgan fingerprint density at radius 2 is 2.25 bits per heavy atom. The number of nitrogens with zero attached hydrogens (tertiary/aromatic N) is 5. The maximum absolute atomic E-state index is 12.1. The Bertz CT molecular complexity index is 717. The lowest BCUT2D eigenvalue weighted by atomic mass is 10.0. The highest BCUT2D eigenvalue weighted by Crippen LogP contribution is 2.24. The van der Waals surface area contributed by atoms with E-state index in [2.05, 4.69) is 20.4 Å². The Morgan fingerprint density at radius 3 is 2.92 bits per heavy atom. The number of rotatable bonds is 5. The van der Waals surface area contributed by atoms with E-state index in [-0.39, 0.29) is 19.0 Å². The predicted octanol–water partition coefficient (Wildman–Crippen LogP) is 0.0475. The van der Waals surface area contributed by atoms with Gasteiger partial charge < -0.3 is 15.3 Å². The average molecular weight is 330 g/mol. The maximum Gasteiger partial charge on any atom is 0.241 e. The van der Waals surface area contributed by atoms with Crippen molar-refractivity contribution in [3.05, 3.63) is 36.0 Å². The quantitative estimate of drug-likeness (QED) is 0.804. The zero-order valence-electron chi connectivity index (χ0n) is 13.9. The molecular weight excluding hydrogens is 308 g/mol. The number of aryl methyl sites for hydroxylation is 2. The average Bonchev–Trinajstić information content (AvgIpc) is 3.10. The number of carbonyl (C=O) groups is 1. The molecule has 3 heterocycles. The van der Waals surface area contributed by atoms with Crippen LogP contribution in [0.5, 0.6) is 0 Å². The fraction of sp³-hybridized carbons (Fsp3) is 0.500. The van der Waals surface area contributed by atoms with Crippen LogP contribution in [-0.4, -0.2) is 56.0 Å². The van der Waals surface area contributed by atoms with Crippen LogP contribution in [0.15, 0.2) is 24.7 Å². The molecule has 2 aromatic rings. The van der Waals surface area contributed by atoms with E-state index in [1.807, 2.05) is 24.8 Å². The maximum atomic E-state index is 12.1. The van der Waals surface area contributed by atoms with E-state index in [4.69, 9.17) is 0 Å². The van der Waals surface area contributed by atoms with Gasteiger partial charge in [0.25, 0.3) is 0 Å². The zero-order valence-corrected chi connectivity index (χ0v) is 13.9. The first-order valence-electron chi connectivity index (χ1n) is 7.96. The molecule has 2 N–H and O–H groups in total. The molecule has 1 saturated heterocycles. The van der Waals surface area contributed by atoms with Crippen molar-refractivity contribution in [3.8, 4) is 0 Å². The molecule has 128 valence electrons. The number of hydrogen-bond donors (Lipinski definition) is 2. The van der Waals surface area contributed by atoms with E-state index in [9.17, 15) is 9.90 Å². The van der Waals surface area contributed by atoms with E-state index in [0.717, 1.165) is 17.2 Å². The number of β-amino-alcohol motifs (C(OH)–C–C–N with tert-alkyl or cyclic N) is 1. The van der Waals surface area contributed by atoms with Crippen LogP contribution in [-0.2, 0) is 11.3 Å². The third kappa shape index (κ3) is 3.70. The van der Waals surface area contributed by atoms with Crippen LogP contribution in [0.4, 0.5) is 5.82 Å². The van der Waals surface area contributed by atoms with Gasteiger partial charge in [0.2, 0.25) is 5.91 Å². The summed E-state index contributed by atoms with van der Waals surface area (Å²) in [4.78, 5) is 22.4. The van der Waals surface area contributed by atoms with Crippen molar-refractivity contribution in [3.63, 3.8) is 0 Å². The third-order valence-corrected chi connectivity index (χ3v) is 4.22. The van der Waals surface area contributed by atoms with Crippen LogP contribution < -0.4 is 10.2 Å². The molecule has 1 fully saturated rings. The third-order valence-electron chi connectivity index (χ3n) is 4.22. The summed E-state index contributed by atoms with van der Waals surface area (Å²) >= 11 is 0. The largest absolute Gasteiger partial charge is 0.386 e. The van der Waals surface area contributed by atoms with E-state index in [0.29, 0.717) is 19.5 Å². The van der Waals surface area contributed by atoms with Crippen molar-refractivity contribution in [2.75, 3.05) is 24.5 Å². The second kappa shape index (κ2) is 6.56. The summed E-state index contributed by atoms with van der Waals surface area (Å²) in [6, 6.07) is 1.93. The van der Waals surface area contributed by atoms with Gasteiger partial charge in [0.1, 0.15) is 18.0 Å². The molecule has 1 unspecified atom stereocenters. The first-order valence-corrected chi connectivity index (χ1v) is 7.96. The lowest BCUT2D eigenvalue weighted by Gasteiger charge is -2.24.